The van der Waals surface area contributed by atoms with Crippen molar-refractivity contribution in [3.05, 3.63) is 11.9 Å². The van der Waals surface area contributed by atoms with Crippen molar-refractivity contribution in [3.63, 3.8) is 0 Å². The number of sulfonamides is 1. The molecule has 0 saturated heterocycles. The summed E-state index contributed by atoms with van der Waals surface area (Å²) in [5.74, 6) is 0. The number of hydrogen-bond donors (Lipinski definition) is 1. The molecule has 0 aromatic carbocycles. The lowest BCUT2D eigenvalue weighted by Crippen LogP contribution is -2.40. The van der Waals surface area contributed by atoms with Gasteiger partial charge in [-0.3, -0.25) is 4.68 Å². The molecule has 0 amide bonds. The summed E-state index contributed by atoms with van der Waals surface area (Å²) in [4.78, 5) is -0.482. The van der Waals surface area contributed by atoms with E-state index in [0.29, 0.717) is 0 Å². The zero-order chi connectivity index (χ0) is 13.4. The Morgan fingerprint density at radius 3 is 2.35 bits per heavy atom. The lowest BCUT2D eigenvalue weighted by atomic mass is 10.1. The highest BCUT2D eigenvalue weighted by Crippen LogP contribution is 2.26. The van der Waals surface area contributed by atoms with Crippen LogP contribution in [0.15, 0.2) is 11.1 Å². The summed E-state index contributed by atoms with van der Waals surface area (Å²) in [6.07, 6.45) is -1.97. The van der Waals surface area contributed by atoms with E-state index in [0.717, 1.165) is 10.9 Å². The first kappa shape index (κ1) is 14.0. The molecular formula is C9H15F2N3O2S. The Balaban J connectivity index is 3.26. The van der Waals surface area contributed by atoms with Crippen LogP contribution in [0.5, 0.6) is 0 Å². The molecule has 0 spiro atoms. The van der Waals surface area contributed by atoms with Crippen molar-refractivity contribution in [3.8, 4) is 0 Å². The second kappa shape index (κ2) is 4.34. The van der Waals surface area contributed by atoms with Crippen LogP contribution in [0.25, 0.3) is 0 Å². The predicted octanol–water partition coefficient (Wildman–Crippen LogP) is 1.43. The Morgan fingerprint density at radius 1 is 1.41 bits per heavy atom. The molecule has 8 heteroatoms. The molecule has 1 aromatic heterocycles. The standard InChI is InChI=1S/C9H15F2N3O2S/c1-9(2,3)13-17(15,16)6-5-12-14(4)7(6)8(10)11/h5,8,13H,1-4H3. The minimum Gasteiger partial charge on any atom is -0.265 e. The van der Waals surface area contributed by atoms with E-state index in [-0.39, 0.29) is 0 Å². The molecule has 0 fully saturated rings. The van der Waals surface area contributed by atoms with Crippen molar-refractivity contribution < 1.29 is 17.2 Å². The fraction of sp³-hybridized carbons (Fsp3) is 0.667. The number of nitrogens with zero attached hydrogens (tertiary/aromatic N) is 2. The minimum atomic E-state index is -3.99. The minimum absolute atomic E-state index is 0.482. The van der Waals surface area contributed by atoms with Gasteiger partial charge < -0.3 is 0 Å². The zero-order valence-corrected chi connectivity index (χ0v) is 10.8. The van der Waals surface area contributed by atoms with E-state index >= 15 is 0 Å². The summed E-state index contributed by atoms with van der Waals surface area (Å²) >= 11 is 0. The molecular weight excluding hydrogens is 252 g/mol. The van der Waals surface area contributed by atoms with E-state index < -0.39 is 32.6 Å². The number of alkyl halides is 2. The topological polar surface area (TPSA) is 64.0 Å². The van der Waals surface area contributed by atoms with Gasteiger partial charge in [0.05, 0.1) is 6.20 Å². The molecule has 0 atom stereocenters. The largest absolute Gasteiger partial charge is 0.281 e. The third-order valence-corrected chi connectivity index (χ3v) is 3.66. The maximum atomic E-state index is 12.7. The van der Waals surface area contributed by atoms with Crippen molar-refractivity contribution in [1.29, 1.82) is 0 Å². The molecule has 0 bridgehead atoms. The van der Waals surface area contributed by atoms with Gasteiger partial charge in [-0.25, -0.2) is 21.9 Å². The molecule has 1 aromatic rings. The van der Waals surface area contributed by atoms with Gasteiger partial charge in [0, 0.05) is 12.6 Å². The third kappa shape index (κ3) is 3.22. The van der Waals surface area contributed by atoms with E-state index in [1.165, 1.54) is 7.05 Å². The van der Waals surface area contributed by atoms with Gasteiger partial charge in [-0.2, -0.15) is 5.10 Å². The van der Waals surface area contributed by atoms with E-state index in [1.807, 2.05) is 0 Å². The van der Waals surface area contributed by atoms with Crippen molar-refractivity contribution >= 4 is 10.0 Å². The highest BCUT2D eigenvalue weighted by atomic mass is 32.2. The first-order valence-electron chi connectivity index (χ1n) is 4.88. The van der Waals surface area contributed by atoms with Gasteiger partial charge >= 0.3 is 0 Å². The Morgan fingerprint density at radius 2 is 1.94 bits per heavy atom. The third-order valence-electron chi connectivity index (χ3n) is 1.89. The second-order valence-corrected chi connectivity index (χ2v) is 6.32. The van der Waals surface area contributed by atoms with Gasteiger partial charge in [-0.1, -0.05) is 0 Å². The van der Waals surface area contributed by atoms with E-state index in [1.54, 1.807) is 20.8 Å². The highest BCUT2D eigenvalue weighted by Gasteiger charge is 2.30. The first-order valence-corrected chi connectivity index (χ1v) is 6.37. The van der Waals surface area contributed by atoms with Gasteiger partial charge in [0.15, 0.2) is 0 Å². The normalized spacial score (nSPS) is 13.4. The summed E-state index contributed by atoms with van der Waals surface area (Å²) in [5, 5.41) is 3.55. The molecule has 0 aliphatic heterocycles. The van der Waals surface area contributed by atoms with Crippen LogP contribution in [-0.2, 0) is 17.1 Å². The molecule has 0 aliphatic rings. The first-order chi connectivity index (χ1) is 7.54. The molecule has 0 unspecified atom stereocenters. The fourth-order valence-electron chi connectivity index (χ4n) is 1.34. The summed E-state index contributed by atoms with van der Waals surface area (Å²) in [6, 6.07) is 0. The molecule has 17 heavy (non-hydrogen) atoms. The summed E-state index contributed by atoms with van der Waals surface area (Å²) in [6.45, 7) is 4.88. The monoisotopic (exact) mass is 267 g/mol. The number of rotatable bonds is 3. The Labute approximate surface area is 98.9 Å². The van der Waals surface area contributed by atoms with Crippen LogP contribution in [0.3, 0.4) is 0 Å². The average molecular weight is 267 g/mol. The highest BCUT2D eigenvalue weighted by molar-refractivity contribution is 7.89. The van der Waals surface area contributed by atoms with Crippen LogP contribution in [0, 0.1) is 0 Å². The van der Waals surface area contributed by atoms with Gasteiger partial charge in [0.25, 0.3) is 6.43 Å². The van der Waals surface area contributed by atoms with Crippen molar-refractivity contribution in [2.24, 2.45) is 7.05 Å². The summed E-state index contributed by atoms with van der Waals surface area (Å²) in [7, 11) is -2.71. The van der Waals surface area contributed by atoms with E-state index in [2.05, 4.69) is 9.82 Å². The Hall–Kier alpha value is -1.02. The molecule has 98 valence electrons. The van der Waals surface area contributed by atoms with E-state index in [9.17, 15) is 17.2 Å². The lowest BCUT2D eigenvalue weighted by molar-refractivity contribution is 0.137. The number of aryl methyl sites for hydroxylation is 1. The number of nitrogens with one attached hydrogen (secondary N) is 1. The van der Waals surface area contributed by atoms with Crippen LogP contribution in [-0.4, -0.2) is 23.7 Å². The van der Waals surface area contributed by atoms with Gasteiger partial charge in [-0.05, 0) is 20.8 Å². The summed E-state index contributed by atoms with van der Waals surface area (Å²) < 4.78 is 52.4. The molecule has 5 nitrogen and oxygen atoms in total. The average Bonchev–Trinajstić information content (AvgIpc) is 2.42. The second-order valence-electron chi connectivity index (χ2n) is 4.67. The SMILES string of the molecule is Cn1ncc(S(=O)(=O)NC(C)(C)C)c1C(F)F. The number of aromatic nitrogens is 2. The molecule has 0 aliphatic carbocycles. The number of halogens is 2. The van der Waals surface area contributed by atoms with Crippen molar-refractivity contribution in [2.75, 3.05) is 0 Å². The Kier molecular flexibility index (Phi) is 3.58. The smallest absolute Gasteiger partial charge is 0.265 e. The fourth-order valence-corrected chi connectivity index (χ4v) is 2.94. The van der Waals surface area contributed by atoms with Crippen LogP contribution in [0.4, 0.5) is 8.78 Å². The summed E-state index contributed by atoms with van der Waals surface area (Å²) in [5.41, 5.74) is -1.35. The lowest BCUT2D eigenvalue weighted by Gasteiger charge is -2.20. The maximum absolute atomic E-state index is 12.7. The maximum Gasteiger partial charge on any atom is 0.281 e. The van der Waals surface area contributed by atoms with Gasteiger partial charge in [0.1, 0.15) is 10.6 Å². The predicted molar refractivity (Wildman–Crippen MR) is 58.2 cm³/mol. The zero-order valence-electron chi connectivity index (χ0n) is 10.0. The van der Waals surface area contributed by atoms with Gasteiger partial charge in [0.2, 0.25) is 10.0 Å². The Bertz CT molecular complexity index is 503. The van der Waals surface area contributed by atoms with Crippen LogP contribution >= 0.6 is 0 Å². The van der Waals surface area contributed by atoms with Crippen LogP contribution in [0.1, 0.15) is 32.9 Å². The van der Waals surface area contributed by atoms with E-state index in [4.69, 9.17) is 0 Å². The molecule has 1 rings (SSSR count). The van der Waals surface area contributed by atoms with Crippen LogP contribution < -0.4 is 4.72 Å². The molecule has 1 heterocycles. The van der Waals surface area contributed by atoms with Gasteiger partial charge in [-0.15, -0.1) is 0 Å². The molecule has 0 radical (unpaired) electrons. The van der Waals surface area contributed by atoms with Crippen molar-refractivity contribution in [1.82, 2.24) is 14.5 Å². The number of hydrogen-bond acceptors (Lipinski definition) is 3. The quantitative estimate of drug-likeness (QED) is 0.901. The van der Waals surface area contributed by atoms with Crippen molar-refractivity contribution in [2.45, 2.75) is 37.6 Å². The van der Waals surface area contributed by atoms with Crippen LogP contribution in [0.2, 0.25) is 0 Å². The molecule has 1 N–H and O–H groups in total. The molecule has 0 saturated carbocycles.